The number of likely N-dealkylation sites (N-methyl/N-ethyl adjacent to an activating group) is 1. The SMILES string of the molecule is CN[C@@H](CCc1ccccc1)C(=O)OC. The number of carbonyl (C=O) groups excluding carboxylic acids is 1. The number of hydrogen-bond donors (Lipinski definition) is 1. The highest BCUT2D eigenvalue weighted by Gasteiger charge is 2.15. The maximum atomic E-state index is 11.3. The fourth-order valence-electron chi connectivity index (χ4n) is 1.48. The number of nitrogens with one attached hydrogen (secondary N) is 1. The number of methoxy groups -OCH3 is 1. The summed E-state index contributed by atoms with van der Waals surface area (Å²) in [5.74, 6) is -0.201. The van der Waals surface area contributed by atoms with Crippen LogP contribution >= 0.6 is 0 Å². The smallest absolute Gasteiger partial charge is 0.322 e. The van der Waals surface area contributed by atoms with E-state index in [2.05, 4.69) is 17.4 Å². The van der Waals surface area contributed by atoms with Crippen LogP contribution in [-0.4, -0.2) is 26.2 Å². The molecule has 0 fully saturated rings. The van der Waals surface area contributed by atoms with E-state index in [0.717, 1.165) is 12.8 Å². The van der Waals surface area contributed by atoms with Gasteiger partial charge in [-0.15, -0.1) is 0 Å². The molecule has 0 aliphatic heterocycles. The first-order valence-electron chi connectivity index (χ1n) is 5.07. The molecule has 15 heavy (non-hydrogen) atoms. The van der Waals surface area contributed by atoms with Crippen molar-refractivity contribution in [3.05, 3.63) is 35.9 Å². The Morgan fingerprint density at radius 1 is 1.40 bits per heavy atom. The second-order valence-electron chi connectivity index (χ2n) is 3.39. The molecule has 0 heterocycles. The van der Waals surface area contributed by atoms with Gasteiger partial charge in [0, 0.05) is 0 Å². The normalized spacial score (nSPS) is 12.1. The number of esters is 1. The molecule has 1 rings (SSSR count). The van der Waals surface area contributed by atoms with Gasteiger partial charge in [-0.2, -0.15) is 0 Å². The van der Waals surface area contributed by atoms with Gasteiger partial charge in [-0.05, 0) is 25.5 Å². The Balaban J connectivity index is 2.44. The van der Waals surface area contributed by atoms with Gasteiger partial charge in [-0.3, -0.25) is 4.79 Å². The summed E-state index contributed by atoms with van der Waals surface area (Å²) in [7, 11) is 3.18. The minimum Gasteiger partial charge on any atom is -0.468 e. The molecule has 3 heteroatoms. The molecule has 0 unspecified atom stereocenters. The van der Waals surface area contributed by atoms with Gasteiger partial charge >= 0.3 is 5.97 Å². The molecule has 0 amide bonds. The first-order valence-corrected chi connectivity index (χ1v) is 5.07. The van der Waals surface area contributed by atoms with Crippen molar-refractivity contribution in [1.82, 2.24) is 5.32 Å². The minimum absolute atomic E-state index is 0.201. The Kier molecular flexibility index (Phi) is 4.84. The molecule has 0 aromatic heterocycles. The Hall–Kier alpha value is -1.35. The molecule has 0 bridgehead atoms. The van der Waals surface area contributed by atoms with Crippen LogP contribution in [0.1, 0.15) is 12.0 Å². The average molecular weight is 207 g/mol. The summed E-state index contributed by atoms with van der Waals surface area (Å²) in [6, 6.07) is 9.90. The van der Waals surface area contributed by atoms with E-state index in [9.17, 15) is 4.79 Å². The summed E-state index contributed by atoms with van der Waals surface area (Å²) in [6.45, 7) is 0. The molecular formula is C12H17NO2. The van der Waals surface area contributed by atoms with E-state index in [1.807, 2.05) is 18.2 Å². The highest BCUT2D eigenvalue weighted by atomic mass is 16.5. The molecule has 0 spiro atoms. The number of rotatable bonds is 5. The van der Waals surface area contributed by atoms with E-state index < -0.39 is 0 Å². The van der Waals surface area contributed by atoms with Crippen molar-refractivity contribution in [2.75, 3.05) is 14.2 Å². The van der Waals surface area contributed by atoms with Crippen LogP contribution in [0.4, 0.5) is 0 Å². The number of aryl methyl sites for hydroxylation is 1. The Morgan fingerprint density at radius 2 is 2.07 bits per heavy atom. The molecule has 1 atom stereocenters. The summed E-state index contributed by atoms with van der Waals surface area (Å²) in [5.41, 5.74) is 1.24. The lowest BCUT2D eigenvalue weighted by Crippen LogP contribution is -2.35. The van der Waals surface area contributed by atoms with Crippen molar-refractivity contribution >= 4 is 5.97 Å². The molecule has 0 saturated heterocycles. The fourth-order valence-corrected chi connectivity index (χ4v) is 1.48. The van der Waals surface area contributed by atoms with E-state index in [1.165, 1.54) is 12.7 Å². The first-order chi connectivity index (χ1) is 7.27. The lowest BCUT2D eigenvalue weighted by molar-refractivity contribution is -0.143. The number of hydrogen-bond acceptors (Lipinski definition) is 3. The second-order valence-corrected chi connectivity index (χ2v) is 3.39. The van der Waals surface area contributed by atoms with Crippen LogP contribution in [0.25, 0.3) is 0 Å². The largest absolute Gasteiger partial charge is 0.468 e. The molecule has 1 aromatic carbocycles. The molecule has 0 aliphatic carbocycles. The highest BCUT2D eigenvalue weighted by molar-refractivity contribution is 5.75. The van der Waals surface area contributed by atoms with E-state index in [1.54, 1.807) is 7.05 Å². The monoisotopic (exact) mass is 207 g/mol. The van der Waals surface area contributed by atoms with Gasteiger partial charge in [0.25, 0.3) is 0 Å². The zero-order chi connectivity index (χ0) is 11.1. The van der Waals surface area contributed by atoms with Gasteiger partial charge in [0.05, 0.1) is 7.11 Å². The zero-order valence-corrected chi connectivity index (χ0v) is 9.19. The first kappa shape index (κ1) is 11.7. The predicted molar refractivity (Wildman–Crippen MR) is 59.6 cm³/mol. The second kappa shape index (κ2) is 6.19. The Labute approximate surface area is 90.4 Å². The topological polar surface area (TPSA) is 38.3 Å². The van der Waals surface area contributed by atoms with Crippen molar-refractivity contribution < 1.29 is 9.53 Å². The quantitative estimate of drug-likeness (QED) is 0.741. The lowest BCUT2D eigenvalue weighted by atomic mass is 10.1. The average Bonchev–Trinajstić information content (AvgIpc) is 2.31. The molecule has 0 aliphatic rings. The van der Waals surface area contributed by atoms with Crippen molar-refractivity contribution in [3.8, 4) is 0 Å². The van der Waals surface area contributed by atoms with Crippen LogP contribution in [-0.2, 0) is 16.0 Å². The molecule has 0 radical (unpaired) electrons. The lowest BCUT2D eigenvalue weighted by Gasteiger charge is -2.13. The number of benzene rings is 1. The van der Waals surface area contributed by atoms with Gasteiger partial charge in [0.2, 0.25) is 0 Å². The van der Waals surface area contributed by atoms with Gasteiger partial charge in [0.1, 0.15) is 6.04 Å². The summed E-state index contributed by atoms with van der Waals surface area (Å²) in [4.78, 5) is 11.3. The van der Waals surface area contributed by atoms with Crippen molar-refractivity contribution in [2.24, 2.45) is 0 Å². The molecule has 1 N–H and O–H groups in total. The van der Waals surface area contributed by atoms with E-state index in [4.69, 9.17) is 4.74 Å². The molecule has 82 valence electrons. The minimum atomic E-state index is -0.213. The van der Waals surface area contributed by atoms with Crippen LogP contribution in [0, 0.1) is 0 Å². The molecular weight excluding hydrogens is 190 g/mol. The summed E-state index contributed by atoms with van der Waals surface area (Å²) >= 11 is 0. The van der Waals surface area contributed by atoms with Crippen LogP contribution in [0.3, 0.4) is 0 Å². The molecule has 3 nitrogen and oxygen atoms in total. The van der Waals surface area contributed by atoms with Gasteiger partial charge in [-0.25, -0.2) is 0 Å². The van der Waals surface area contributed by atoms with Crippen molar-refractivity contribution in [3.63, 3.8) is 0 Å². The van der Waals surface area contributed by atoms with Crippen LogP contribution in [0.2, 0.25) is 0 Å². The van der Waals surface area contributed by atoms with Crippen LogP contribution < -0.4 is 5.32 Å². The fraction of sp³-hybridized carbons (Fsp3) is 0.417. The van der Waals surface area contributed by atoms with E-state index in [0.29, 0.717) is 0 Å². The number of ether oxygens (including phenoxy) is 1. The van der Waals surface area contributed by atoms with Crippen LogP contribution in [0.15, 0.2) is 30.3 Å². The van der Waals surface area contributed by atoms with Gasteiger partial charge in [0.15, 0.2) is 0 Å². The molecule has 1 aromatic rings. The summed E-state index contributed by atoms with van der Waals surface area (Å²) in [5, 5.41) is 2.95. The van der Waals surface area contributed by atoms with Gasteiger partial charge < -0.3 is 10.1 Å². The maximum absolute atomic E-state index is 11.3. The Morgan fingerprint density at radius 3 is 2.60 bits per heavy atom. The molecule has 0 saturated carbocycles. The van der Waals surface area contributed by atoms with Crippen LogP contribution in [0.5, 0.6) is 0 Å². The van der Waals surface area contributed by atoms with E-state index >= 15 is 0 Å². The highest BCUT2D eigenvalue weighted by Crippen LogP contribution is 2.05. The maximum Gasteiger partial charge on any atom is 0.322 e. The van der Waals surface area contributed by atoms with E-state index in [-0.39, 0.29) is 12.0 Å². The Bertz CT molecular complexity index is 298. The standard InChI is InChI=1S/C12H17NO2/c1-13-11(12(14)15-2)9-8-10-6-4-3-5-7-10/h3-7,11,13H,8-9H2,1-2H3/t11-/m0/s1. The van der Waals surface area contributed by atoms with Gasteiger partial charge in [-0.1, -0.05) is 30.3 Å². The third-order valence-corrected chi connectivity index (χ3v) is 2.40. The summed E-state index contributed by atoms with van der Waals surface area (Å²) < 4.78 is 4.69. The van der Waals surface area contributed by atoms with Crippen molar-refractivity contribution in [1.29, 1.82) is 0 Å². The third kappa shape index (κ3) is 3.72. The third-order valence-electron chi connectivity index (χ3n) is 2.40. The zero-order valence-electron chi connectivity index (χ0n) is 9.19. The predicted octanol–water partition coefficient (Wildman–Crippen LogP) is 1.38. The van der Waals surface area contributed by atoms with Crippen molar-refractivity contribution in [2.45, 2.75) is 18.9 Å². The summed E-state index contributed by atoms with van der Waals surface area (Å²) in [6.07, 6.45) is 1.63. The number of carbonyl (C=O) groups is 1.